The number of carbonyl (C=O) groups excluding carboxylic acids is 1. The molecule has 1 aromatic carbocycles. The Hall–Kier alpha value is -1.34. The van der Waals surface area contributed by atoms with Crippen LogP contribution in [-0.4, -0.2) is 23.4 Å². The second-order valence-corrected chi connectivity index (χ2v) is 6.97. The summed E-state index contributed by atoms with van der Waals surface area (Å²) in [6, 6.07) is 3.03. The van der Waals surface area contributed by atoms with Gasteiger partial charge in [0.15, 0.2) is 0 Å². The van der Waals surface area contributed by atoms with Gasteiger partial charge in [-0.25, -0.2) is 9.18 Å². The van der Waals surface area contributed by atoms with Crippen molar-refractivity contribution in [2.45, 2.75) is 30.8 Å². The van der Waals surface area contributed by atoms with Crippen LogP contribution in [-0.2, 0) is 4.74 Å². The Balaban J connectivity index is 2.43. The number of aromatic nitrogens is 1. The number of pyridine rings is 1. The Morgan fingerprint density at radius 1 is 1.48 bits per heavy atom. The molecule has 0 amide bonds. The molecule has 0 aliphatic heterocycles. The molecule has 1 fully saturated rings. The summed E-state index contributed by atoms with van der Waals surface area (Å²) in [5, 5.41) is 0.792. The number of hydrogen-bond acceptors (Lipinski definition) is 4. The highest BCUT2D eigenvalue weighted by molar-refractivity contribution is 9.10. The molecule has 0 N–H and O–H groups in total. The Kier molecular flexibility index (Phi) is 4.51. The van der Waals surface area contributed by atoms with Crippen molar-refractivity contribution in [3.8, 4) is 0 Å². The summed E-state index contributed by atoms with van der Waals surface area (Å²) in [5.41, 5.74) is 0.162. The van der Waals surface area contributed by atoms with E-state index in [1.165, 1.54) is 17.8 Å². The van der Waals surface area contributed by atoms with Crippen LogP contribution in [0.25, 0.3) is 10.9 Å². The summed E-state index contributed by atoms with van der Waals surface area (Å²) in [6.07, 6.45) is 3.77. The fourth-order valence-electron chi connectivity index (χ4n) is 2.66. The molecule has 23 heavy (non-hydrogen) atoms. The van der Waals surface area contributed by atoms with Crippen LogP contribution in [0.3, 0.4) is 0 Å². The molecule has 0 radical (unpaired) electrons. The van der Waals surface area contributed by atoms with Gasteiger partial charge in [-0.3, -0.25) is 4.79 Å². The first kappa shape index (κ1) is 16.5. The average Bonchev–Trinajstić information content (AvgIpc) is 3.33. The van der Waals surface area contributed by atoms with Gasteiger partial charge in [0.2, 0.25) is 5.43 Å². The average molecular weight is 400 g/mol. The lowest BCUT2D eigenvalue weighted by molar-refractivity contribution is 0.0519. The molecule has 1 heterocycles. The molecule has 2 aromatic rings. The van der Waals surface area contributed by atoms with Gasteiger partial charge in [0, 0.05) is 11.4 Å². The van der Waals surface area contributed by atoms with Gasteiger partial charge in [0.25, 0.3) is 0 Å². The van der Waals surface area contributed by atoms with Crippen molar-refractivity contribution in [2.24, 2.45) is 0 Å². The minimum absolute atomic E-state index is 0.000437. The summed E-state index contributed by atoms with van der Waals surface area (Å²) in [6.45, 7) is 1.87. The Labute approximate surface area is 145 Å². The first-order valence-corrected chi connectivity index (χ1v) is 9.29. The minimum atomic E-state index is -0.651. The fourth-order valence-corrected chi connectivity index (χ4v) is 3.81. The summed E-state index contributed by atoms with van der Waals surface area (Å²) in [4.78, 5) is 25.1. The summed E-state index contributed by atoms with van der Waals surface area (Å²) >= 11 is 4.51. The van der Waals surface area contributed by atoms with Gasteiger partial charge in [0.05, 0.1) is 21.6 Å². The number of fused-ring (bicyclic) bond motifs is 1. The zero-order valence-electron chi connectivity index (χ0n) is 12.7. The van der Waals surface area contributed by atoms with Crippen LogP contribution in [0.15, 0.2) is 26.4 Å². The van der Waals surface area contributed by atoms with Gasteiger partial charge < -0.3 is 9.30 Å². The Bertz CT molecular complexity index is 861. The van der Waals surface area contributed by atoms with Gasteiger partial charge in [-0.2, -0.15) is 0 Å². The predicted octanol–water partition coefficient (Wildman–Crippen LogP) is 4.14. The maximum Gasteiger partial charge on any atom is 0.344 e. The highest BCUT2D eigenvalue weighted by atomic mass is 79.9. The van der Waals surface area contributed by atoms with Crippen LogP contribution in [0.2, 0.25) is 0 Å². The molecule has 1 aliphatic rings. The molecule has 0 saturated heterocycles. The lowest BCUT2D eigenvalue weighted by atomic mass is 10.1. The molecule has 122 valence electrons. The SMILES string of the molecule is CCOC(=O)c1c(SC)n(C2CC2)c2cc(Br)c(F)cc2c1=O. The molecule has 3 rings (SSSR count). The van der Waals surface area contributed by atoms with Crippen molar-refractivity contribution in [2.75, 3.05) is 12.9 Å². The molecule has 0 atom stereocenters. The van der Waals surface area contributed by atoms with Crippen molar-refractivity contribution in [3.63, 3.8) is 0 Å². The third-order valence-electron chi connectivity index (χ3n) is 3.79. The van der Waals surface area contributed by atoms with E-state index >= 15 is 0 Å². The summed E-state index contributed by atoms with van der Waals surface area (Å²) in [5.74, 6) is -1.18. The van der Waals surface area contributed by atoms with Crippen molar-refractivity contribution >= 4 is 44.6 Å². The van der Waals surface area contributed by atoms with Gasteiger partial charge >= 0.3 is 5.97 Å². The van der Waals surface area contributed by atoms with Crippen LogP contribution in [0, 0.1) is 5.82 Å². The second-order valence-electron chi connectivity index (χ2n) is 5.32. The monoisotopic (exact) mass is 399 g/mol. The number of esters is 1. The number of rotatable bonds is 4. The third-order valence-corrected chi connectivity index (χ3v) is 5.18. The topological polar surface area (TPSA) is 48.3 Å². The third kappa shape index (κ3) is 2.80. The standard InChI is InChI=1S/C16H15BrFNO3S/c1-3-22-16(21)13-14(20)9-6-11(18)10(17)7-12(9)19(8-4-5-8)15(13)23-2/h6-8H,3-5H2,1-2H3. The van der Waals surface area contributed by atoms with E-state index < -0.39 is 17.2 Å². The van der Waals surface area contributed by atoms with Gasteiger partial charge in [-0.15, -0.1) is 11.8 Å². The lowest BCUT2D eigenvalue weighted by Crippen LogP contribution is -2.23. The van der Waals surface area contributed by atoms with Gasteiger partial charge in [0.1, 0.15) is 11.4 Å². The fraction of sp³-hybridized carbons (Fsp3) is 0.375. The van der Waals surface area contributed by atoms with E-state index in [0.29, 0.717) is 15.0 Å². The van der Waals surface area contributed by atoms with Gasteiger partial charge in [-0.1, -0.05) is 0 Å². The predicted molar refractivity (Wildman–Crippen MR) is 91.9 cm³/mol. The number of nitrogens with zero attached hydrogens (tertiary/aromatic N) is 1. The lowest BCUT2D eigenvalue weighted by Gasteiger charge is -2.18. The zero-order chi connectivity index (χ0) is 16.7. The van der Waals surface area contributed by atoms with Crippen molar-refractivity contribution in [1.29, 1.82) is 0 Å². The maximum atomic E-state index is 13.9. The highest BCUT2D eigenvalue weighted by Crippen LogP contribution is 2.41. The molecule has 1 saturated carbocycles. The molecule has 1 aliphatic carbocycles. The molecule has 0 spiro atoms. The number of ether oxygens (including phenoxy) is 1. The first-order chi connectivity index (χ1) is 11.0. The van der Waals surface area contributed by atoms with Crippen LogP contribution < -0.4 is 5.43 Å². The van der Waals surface area contributed by atoms with E-state index in [0.717, 1.165) is 12.8 Å². The molecular formula is C16H15BrFNO3S. The van der Waals surface area contributed by atoms with E-state index in [1.807, 2.05) is 10.8 Å². The first-order valence-electron chi connectivity index (χ1n) is 7.28. The number of thioether (sulfide) groups is 1. The molecule has 1 aromatic heterocycles. The van der Waals surface area contributed by atoms with Crippen LogP contribution in [0.4, 0.5) is 4.39 Å². The quantitative estimate of drug-likeness (QED) is 0.572. The summed E-state index contributed by atoms with van der Waals surface area (Å²) in [7, 11) is 0. The number of hydrogen-bond donors (Lipinski definition) is 0. The van der Waals surface area contributed by atoms with E-state index in [4.69, 9.17) is 4.74 Å². The Morgan fingerprint density at radius 2 is 2.17 bits per heavy atom. The molecule has 4 nitrogen and oxygen atoms in total. The van der Waals surface area contributed by atoms with Crippen LogP contribution in [0.1, 0.15) is 36.2 Å². The smallest absolute Gasteiger partial charge is 0.344 e. The number of carbonyl (C=O) groups is 1. The van der Waals surface area contributed by atoms with Crippen LogP contribution in [0.5, 0.6) is 0 Å². The van der Waals surface area contributed by atoms with E-state index in [1.54, 1.807) is 13.0 Å². The van der Waals surface area contributed by atoms with Crippen molar-refractivity contribution < 1.29 is 13.9 Å². The number of benzene rings is 1. The van der Waals surface area contributed by atoms with E-state index in [9.17, 15) is 14.0 Å². The highest BCUT2D eigenvalue weighted by Gasteiger charge is 2.31. The van der Waals surface area contributed by atoms with Gasteiger partial charge in [-0.05, 0) is 54.1 Å². The second kappa shape index (κ2) is 6.28. The molecule has 0 unspecified atom stereocenters. The van der Waals surface area contributed by atoms with E-state index in [-0.39, 0.29) is 23.6 Å². The molecule has 0 bridgehead atoms. The Morgan fingerprint density at radius 3 is 2.74 bits per heavy atom. The maximum absolute atomic E-state index is 13.9. The summed E-state index contributed by atoms with van der Waals surface area (Å²) < 4.78 is 21.2. The van der Waals surface area contributed by atoms with E-state index in [2.05, 4.69) is 15.9 Å². The zero-order valence-corrected chi connectivity index (χ0v) is 15.1. The largest absolute Gasteiger partial charge is 0.462 e. The molecular weight excluding hydrogens is 385 g/mol. The number of halogens is 2. The van der Waals surface area contributed by atoms with Crippen molar-refractivity contribution in [1.82, 2.24) is 4.57 Å². The minimum Gasteiger partial charge on any atom is -0.462 e. The van der Waals surface area contributed by atoms with Crippen molar-refractivity contribution in [3.05, 3.63) is 38.2 Å². The van der Waals surface area contributed by atoms with Crippen LogP contribution >= 0.6 is 27.7 Å². The normalized spacial score (nSPS) is 14.3. The molecule has 7 heteroatoms.